The van der Waals surface area contributed by atoms with E-state index in [-0.39, 0.29) is 52.8 Å². The Kier molecular flexibility index (Phi) is 17.0. The lowest BCUT2D eigenvalue weighted by atomic mass is 9.44. The second-order valence-electron chi connectivity index (χ2n) is 24.5. The Balaban J connectivity index is 0.825. The smallest absolute Gasteiger partial charge is 0.311 e. The van der Waals surface area contributed by atoms with Gasteiger partial charge in [-0.05, 0) is 85.9 Å². The predicted molar refractivity (Wildman–Crippen MR) is 251 cm³/mol. The second kappa shape index (κ2) is 22.3. The molecule has 4 aliphatic carbocycles. The van der Waals surface area contributed by atoms with E-state index in [0.29, 0.717) is 12.8 Å². The van der Waals surface area contributed by atoms with Gasteiger partial charge in [-0.25, -0.2) is 0 Å². The average molecular weight is 1110 g/mol. The number of aliphatic hydroxyl groups is 15. The van der Waals surface area contributed by atoms with Gasteiger partial charge in [-0.15, -0.1) is 0 Å². The Bertz CT molecular complexity index is 2040. The Morgan fingerprint density at radius 1 is 0.506 bits per heavy atom. The summed E-state index contributed by atoms with van der Waals surface area (Å²) in [5.41, 5.74) is -0.475. The van der Waals surface area contributed by atoms with Crippen molar-refractivity contribution in [3.05, 3.63) is 0 Å². The highest BCUT2D eigenvalue weighted by Gasteiger charge is 2.75. The standard InChI is InChI=1S/C51H82O26/c1-17-11-27(56)51(77-44(17)67)18(2)28-41(76-51)33(60)29-21-6-5-19-12-20(7-9-49(19,3)22(21)8-10-50(28,29)4)68-45-39(66)36(63)40(26(16-55)72-45)73-48-43(75-47-38(65)35(62)31(58)24(14-53)70-47)42(32(59)25(15-54)71-48)74-46-37(64)34(61)30(57)23(13-52)69-46/h17-43,45-48,52-66H,5-16H2,1-4H3/t17-,18+,19+,20+,21-,22+,23-,24-,25-,26-,27+,28+,29-,30-,31-,32-,33-,34+,35+,36-,37-,38-,39-,40+,41-,42+,43-,45-,46+,47+,48+,49+,50-,51-/m1/s1. The number of fused-ring (bicyclic) bond motifs is 7. The maximum atomic E-state index is 12.9. The highest BCUT2D eigenvalue weighted by Crippen LogP contribution is 2.71. The van der Waals surface area contributed by atoms with E-state index < -0.39 is 191 Å². The van der Waals surface area contributed by atoms with Crippen LogP contribution in [-0.4, -0.2) is 262 Å². The molecular weight excluding hydrogens is 1030 g/mol. The van der Waals surface area contributed by atoms with Crippen LogP contribution in [0.1, 0.15) is 79.1 Å². The molecular formula is C51H82O26. The molecule has 26 heteroatoms. The quantitative estimate of drug-likeness (QED) is 0.0640. The first kappa shape index (κ1) is 58.7. The van der Waals surface area contributed by atoms with E-state index in [1.807, 2.05) is 6.92 Å². The Morgan fingerprint density at radius 3 is 1.64 bits per heavy atom. The molecule has 0 amide bonds. The maximum Gasteiger partial charge on any atom is 0.311 e. The number of esters is 1. The first-order chi connectivity index (χ1) is 36.5. The Morgan fingerprint density at radius 2 is 1.03 bits per heavy atom. The van der Waals surface area contributed by atoms with Crippen LogP contribution in [-0.2, 0) is 52.2 Å². The van der Waals surface area contributed by atoms with Crippen molar-refractivity contribution < 1.29 is 129 Å². The number of rotatable bonds is 12. The van der Waals surface area contributed by atoms with E-state index in [2.05, 4.69) is 13.8 Å². The summed E-state index contributed by atoms with van der Waals surface area (Å²) < 4.78 is 60.3. The van der Waals surface area contributed by atoms with Crippen LogP contribution < -0.4 is 0 Å². The minimum atomic E-state index is -2.06. The van der Waals surface area contributed by atoms with Crippen molar-refractivity contribution in [1.29, 1.82) is 0 Å². The number of hydrogen-bond donors (Lipinski definition) is 15. The average Bonchev–Trinajstić information content (AvgIpc) is 3.96. The van der Waals surface area contributed by atoms with Gasteiger partial charge in [0.2, 0.25) is 5.79 Å². The van der Waals surface area contributed by atoms with Crippen LogP contribution >= 0.6 is 0 Å². The molecule has 0 aromatic carbocycles. The molecule has 1 spiro atoms. The van der Waals surface area contributed by atoms with Crippen molar-refractivity contribution in [2.75, 3.05) is 26.4 Å². The zero-order valence-corrected chi connectivity index (χ0v) is 43.6. The highest BCUT2D eigenvalue weighted by molar-refractivity contribution is 5.73. The number of carbonyl (C=O) groups excluding carboxylic acids is 1. The van der Waals surface area contributed by atoms with E-state index >= 15 is 0 Å². The number of carbonyl (C=O) groups is 1. The van der Waals surface area contributed by atoms with Crippen LogP contribution in [0.2, 0.25) is 0 Å². The Hall–Kier alpha value is -1.49. The summed E-state index contributed by atoms with van der Waals surface area (Å²) in [6.07, 6.45) is -33.9. The molecule has 26 nitrogen and oxygen atoms in total. The van der Waals surface area contributed by atoms with E-state index in [9.17, 15) is 81.4 Å². The molecule has 0 unspecified atom stereocenters. The van der Waals surface area contributed by atoms with Crippen LogP contribution in [0, 0.1) is 52.3 Å². The van der Waals surface area contributed by atoms with Gasteiger partial charge in [0.1, 0.15) is 104 Å². The normalized spacial score (nSPS) is 57.7. The summed E-state index contributed by atoms with van der Waals surface area (Å²) in [7, 11) is 0. The molecule has 77 heavy (non-hydrogen) atoms. The fraction of sp³-hybridized carbons (Fsp3) is 0.980. The number of hydrogen-bond acceptors (Lipinski definition) is 26. The van der Waals surface area contributed by atoms with Gasteiger partial charge in [-0.3, -0.25) is 4.79 Å². The van der Waals surface area contributed by atoms with Gasteiger partial charge in [0.25, 0.3) is 0 Å². The predicted octanol–water partition coefficient (Wildman–Crippen LogP) is -5.44. The third-order valence-corrected chi connectivity index (χ3v) is 20.4. The van der Waals surface area contributed by atoms with Crippen molar-refractivity contribution in [3.8, 4) is 0 Å². The van der Waals surface area contributed by atoms with Gasteiger partial charge in [0.05, 0.1) is 50.7 Å². The van der Waals surface area contributed by atoms with Crippen LogP contribution in [0.5, 0.6) is 0 Å². The lowest BCUT2D eigenvalue weighted by Gasteiger charge is -2.61. The van der Waals surface area contributed by atoms with Crippen LogP contribution in [0.3, 0.4) is 0 Å². The number of ether oxygens (including phenoxy) is 10. The van der Waals surface area contributed by atoms with E-state index in [1.165, 1.54) is 0 Å². The molecule has 4 saturated carbocycles. The molecule has 10 fully saturated rings. The zero-order chi connectivity index (χ0) is 55.5. The van der Waals surface area contributed by atoms with Crippen LogP contribution in [0.15, 0.2) is 0 Å². The summed E-state index contributed by atoms with van der Waals surface area (Å²) >= 11 is 0. The van der Waals surface area contributed by atoms with Gasteiger partial charge in [-0.2, -0.15) is 0 Å². The van der Waals surface area contributed by atoms with Gasteiger partial charge >= 0.3 is 5.97 Å². The molecule has 0 radical (unpaired) electrons. The lowest BCUT2D eigenvalue weighted by Crippen LogP contribution is -2.68. The summed E-state index contributed by atoms with van der Waals surface area (Å²) in [4.78, 5) is 12.9. The summed E-state index contributed by atoms with van der Waals surface area (Å²) in [5, 5.41) is 164. The Labute approximate surface area is 444 Å². The van der Waals surface area contributed by atoms with Crippen molar-refractivity contribution in [2.45, 2.75) is 232 Å². The van der Waals surface area contributed by atoms with Gasteiger partial charge < -0.3 is 124 Å². The number of aliphatic hydroxyl groups excluding tert-OH is 15. The topological polar surface area (TPSA) is 413 Å². The van der Waals surface area contributed by atoms with Crippen molar-refractivity contribution in [2.24, 2.45) is 52.3 Å². The van der Waals surface area contributed by atoms with Crippen molar-refractivity contribution in [3.63, 3.8) is 0 Å². The lowest BCUT2D eigenvalue weighted by molar-refractivity contribution is -0.406. The van der Waals surface area contributed by atoms with E-state index in [0.717, 1.165) is 32.1 Å². The zero-order valence-electron chi connectivity index (χ0n) is 43.6. The van der Waals surface area contributed by atoms with Crippen molar-refractivity contribution >= 4 is 5.97 Å². The second-order valence-corrected chi connectivity index (χ2v) is 24.5. The summed E-state index contributed by atoms with van der Waals surface area (Å²) in [5.74, 6) is -2.31. The molecule has 34 atom stereocenters. The SMILES string of the molecule is C[C@@H]1C[C@H](O)[C@@]2(OC1=O)O[C@H]1[C@H](O)[C@H]3[C@@H]4CC[C@H]5C[C@@H](O[C@@H]6O[C@H](CO)[C@H](O[C@@H]7O[C@H](CO)[C@@H](O)[C@H](O[C@@H]8O[C@H](CO)[C@@H](O)[C@H](O)[C@H]8O)[C@H]7O[C@@H]7O[C@H](CO)[C@@H](O)[C@H](O)[C@H]7O)[C@H](O)[C@H]6O)CC[C@]5(C)[C@H]4CC[C@]3(C)[C@H]1[C@@H]2C. The highest BCUT2D eigenvalue weighted by atomic mass is 16.8. The molecule has 10 aliphatic rings. The molecule has 6 aliphatic heterocycles. The molecule has 6 heterocycles. The fourth-order valence-electron chi connectivity index (χ4n) is 16.2. The third kappa shape index (κ3) is 9.65. The minimum absolute atomic E-state index is 0.0787. The molecule has 0 bridgehead atoms. The third-order valence-electron chi connectivity index (χ3n) is 20.4. The molecule has 0 aromatic heterocycles. The van der Waals surface area contributed by atoms with Gasteiger partial charge in [-0.1, -0.05) is 27.7 Å². The molecule has 442 valence electrons. The first-order valence-corrected chi connectivity index (χ1v) is 27.5. The summed E-state index contributed by atoms with van der Waals surface area (Å²) in [6.45, 7) is 4.70. The summed E-state index contributed by atoms with van der Waals surface area (Å²) in [6, 6.07) is 0. The van der Waals surface area contributed by atoms with E-state index in [1.54, 1.807) is 6.92 Å². The van der Waals surface area contributed by atoms with Gasteiger partial charge in [0.15, 0.2) is 25.2 Å². The first-order valence-electron chi connectivity index (χ1n) is 27.5. The maximum absolute atomic E-state index is 12.9. The fourth-order valence-corrected chi connectivity index (χ4v) is 16.2. The molecule has 6 saturated heterocycles. The minimum Gasteiger partial charge on any atom is -0.430 e. The molecule has 0 aromatic rings. The van der Waals surface area contributed by atoms with Crippen LogP contribution in [0.4, 0.5) is 0 Å². The molecule has 10 rings (SSSR count). The largest absolute Gasteiger partial charge is 0.430 e. The van der Waals surface area contributed by atoms with Crippen molar-refractivity contribution in [1.82, 2.24) is 0 Å². The molecule has 15 N–H and O–H groups in total. The van der Waals surface area contributed by atoms with Gasteiger partial charge in [0, 0.05) is 11.8 Å². The van der Waals surface area contributed by atoms with Crippen LogP contribution in [0.25, 0.3) is 0 Å². The monoisotopic (exact) mass is 1110 g/mol. The van der Waals surface area contributed by atoms with E-state index in [4.69, 9.17) is 47.4 Å².